The van der Waals surface area contributed by atoms with Gasteiger partial charge in [0.2, 0.25) is 0 Å². The van der Waals surface area contributed by atoms with Crippen LogP contribution in [0.3, 0.4) is 0 Å². The largest absolute Gasteiger partial charge is 0.456 e. The Labute approximate surface area is 632 Å². The third-order valence-electron chi connectivity index (χ3n) is 22.7. The Morgan fingerprint density at radius 1 is 0.361 bits per heavy atom. The van der Waals surface area contributed by atoms with Gasteiger partial charge in [0.1, 0.15) is 22.3 Å². The van der Waals surface area contributed by atoms with Crippen LogP contribution in [0.1, 0.15) is 54.5 Å². The topological polar surface area (TPSA) is 26.3 Å². The van der Waals surface area contributed by atoms with Crippen molar-refractivity contribution in [2.75, 3.05) is 0 Å². The summed E-state index contributed by atoms with van der Waals surface area (Å²) in [5, 5.41) is 24.1. The predicted molar refractivity (Wildman–Crippen MR) is 470 cm³/mol. The normalized spacial score (nSPS) is 12.8. The molecule has 0 saturated carbocycles. The van der Waals surface area contributed by atoms with Crippen LogP contribution in [-0.2, 0) is 0 Å². The summed E-state index contributed by atoms with van der Waals surface area (Å²) in [5.41, 5.74) is 21.3. The van der Waals surface area contributed by atoms with Gasteiger partial charge in [-0.2, -0.15) is 0 Å². The fraction of sp³-hybridized carbons (Fsp3) is 0.0385. The van der Waals surface area contributed by atoms with Gasteiger partial charge in [-0.1, -0.05) is 250 Å². The van der Waals surface area contributed by atoms with Crippen molar-refractivity contribution in [2.24, 2.45) is 0 Å². The second kappa shape index (κ2) is 25.4. The van der Waals surface area contributed by atoms with Crippen LogP contribution >= 0.6 is 22.7 Å². The van der Waals surface area contributed by atoms with Gasteiger partial charge in [0.25, 0.3) is 0 Å². The molecular formula is C104H68O2S2. The lowest BCUT2D eigenvalue weighted by molar-refractivity contribution is 0.669. The number of para-hydroxylation sites is 1. The zero-order valence-electron chi connectivity index (χ0n) is 59.6. The third kappa shape index (κ3) is 10.3. The van der Waals surface area contributed by atoms with Crippen molar-refractivity contribution < 1.29 is 8.83 Å². The fourth-order valence-corrected chi connectivity index (χ4v) is 19.9. The van der Waals surface area contributed by atoms with Gasteiger partial charge in [0.05, 0.1) is 0 Å². The van der Waals surface area contributed by atoms with Crippen LogP contribution in [0.2, 0.25) is 0 Å². The molecule has 0 atom stereocenters. The Morgan fingerprint density at radius 3 is 1.81 bits per heavy atom. The van der Waals surface area contributed by atoms with Gasteiger partial charge in [0, 0.05) is 67.5 Å². The lowest BCUT2D eigenvalue weighted by Crippen LogP contribution is -2.31. The third-order valence-corrected chi connectivity index (χ3v) is 25.0. The Kier molecular flexibility index (Phi) is 14.9. The van der Waals surface area contributed by atoms with E-state index in [1.807, 2.05) is 34.8 Å². The van der Waals surface area contributed by atoms with E-state index < -0.39 is 0 Å². The van der Waals surface area contributed by atoms with E-state index in [9.17, 15) is 0 Å². The number of furan rings is 2. The quantitative estimate of drug-likeness (QED) is 0.128. The van der Waals surface area contributed by atoms with E-state index >= 15 is 0 Å². The summed E-state index contributed by atoms with van der Waals surface area (Å²) in [7, 11) is 0. The van der Waals surface area contributed by atoms with Gasteiger partial charge >= 0.3 is 0 Å². The highest BCUT2D eigenvalue weighted by Gasteiger charge is 2.23. The van der Waals surface area contributed by atoms with E-state index in [-0.39, 0.29) is 0 Å². The molecular weight excluding hydrogens is 1350 g/mol. The maximum atomic E-state index is 7.29. The first-order valence-electron chi connectivity index (χ1n) is 37.2. The van der Waals surface area contributed by atoms with Crippen LogP contribution in [0.15, 0.2) is 331 Å². The lowest BCUT2D eigenvalue weighted by Gasteiger charge is -2.19. The van der Waals surface area contributed by atoms with E-state index in [0.29, 0.717) is 0 Å². The highest BCUT2D eigenvalue weighted by atomic mass is 32.1. The maximum absolute atomic E-state index is 7.29. The molecule has 1 aliphatic rings. The molecule has 0 radical (unpaired) electrons. The van der Waals surface area contributed by atoms with E-state index in [0.717, 1.165) is 129 Å². The van der Waals surface area contributed by atoms with Crippen LogP contribution in [0.4, 0.5) is 0 Å². The molecule has 4 heteroatoms. The molecule has 0 saturated heterocycles. The molecule has 2 nitrogen and oxygen atoms in total. The van der Waals surface area contributed by atoms with Gasteiger partial charge in [0.15, 0.2) is 0 Å². The van der Waals surface area contributed by atoms with Crippen LogP contribution < -0.4 is 10.4 Å². The van der Waals surface area contributed by atoms with Gasteiger partial charge in [-0.25, -0.2) is 0 Å². The molecule has 508 valence electrons. The maximum Gasteiger partial charge on any atom is 0.143 e. The number of rotatable bonds is 10. The molecule has 1 aliphatic carbocycles. The molecule has 0 fully saturated rings. The Hall–Kier alpha value is -13.0. The molecule has 20 aromatic rings. The highest BCUT2D eigenvalue weighted by Crippen LogP contribution is 2.47. The van der Waals surface area contributed by atoms with E-state index in [4.69, 9.17) is 15.4 Å². The predicted octanol–water partition coefficient (Wildman–Crippen LogP) is 29.3. The number of hydrogen-bond donors (Lipinski definition) is 0. The van der Waals surface area contributed by atoms with Gasteiger partial charge in [-0.05, 0) is 265 Å². The highest BCUT2D eigenvalue weighted by molar-refractivity contribution is 7.26. The first-order valence-corrected chi connectivity index (χ1v) is 38.9. The minimum absolute atomic E-state index is 0.841. The first kappa shape index (κ1) is 63.5. The molecule has 0 N–H and O–H groups in total. The molecule has 108 heavy (non-hydrogen) atoms. The minimum atomic E-state index is 0.841. The van der Waals surface area contributed by atoms with Gasteiger partial charge < -0.3 is 8.83 Å². The van der Waals surface area contributed by atoms with Crippen LogP contribution in [0.25, 0.3) is 218 Å². The number of benzene rings is 15. The molecule has 16 aromatic carbocycles. The molecule has 0 bridgehead atoms. The van der Waals surface area contributed by atoms with Crippen LogP contribution in [0.5, 0.6) is 0 Å². The summed E-state index contributed by atoms with van der Waals surface area (Å²) in [6.07, 6.45) is 13.5. The second-order valence-corrected chi connectivity index (χ2v) is 31.0. The van der Waals surface area contributed by atoms with E-state index in [2.05, 4.69) is 336 Å². The standard InChI is InChI=1S/C104H68O2S2/c1-5-63(67-45-48-98-91(52-67)92-60-87-69(58-99(92)108-98)44-47-95-103(87)86-39-19-21-41-94(86)105-95)49-61(3)74-29-9-7-8-10-30-76(79-33-14-13-32-78(74)79)62(4)75-46-43-68(50-64(75)6-2)88-53-71(56-93-89-54-73-59-100-90(80-34-20-22-42-97(80)107-100)55-72(73)57-96(89)106-104(88)93)66-27-23-28-70(51-66)101-82-35-15-17-37-84(82)102(85-38-18-16-36-83(85)101)81-40-24-26-65-25-11-12-31-77(65)81/h5-15,17,19-60H,2,4,16,18H2,1,3H3/b8-7?,9-7?,10-8?,29-9?,30-10?,61-49+,63-5+,74-29?,76-30?,78-74?,79-76?. The van der Waals surface area contributed by atoms with Crippen molar-refractivity contribution in [2.45, 2.75) is 26.7 Å². The molecule has 0 spiro atoms. The summed E-state index contributed by atoms with van der Waals surface area (Å²) in [6.45, 7) is 13.9. The number of hydrogen-bond acceptors (Lipinski definition) is 4. The Morgan fingerprint density at radius 2 is 1.00 bits per heavy atom. The van der Waals surface area contributed by atoms with Crippen molar-refractivity contribution in [1.82, 2.24) is 0 Å². The molecule has 4 aromatic heterocycles. The monoisotopic (exact) mass is 1410 g/mol. The zero-order chi connectivity index (χ0) is 71.8. The average Bonchev–Trinajstić information content (AvgIpc) is 1.33. The summed E-state index contributed by atoms with van der Waals surface area (Å²) in [4.78, 5) is 0. The Balaban J connectivity index is 0.689. The zero-order valence-corrected chi connectivity index (χ0v) is 61.3. The SMILES string of the molecule is C=Cc1cc(-c2cc(-c3cccc(-c4c5c(c(-c6cccc7ccccc67)c6ccccc46)=CCCC=5)c3)cc3c2oc2cc4cc5c(cc4cc23)sc2ccccc25)ccc1C(=C)c1ccccccc(/C(C)=C/C(=C\C)c2ccc3sc4cc5ccc6oc7ccccc7c6c5cc4c3c2)c2ccccc12. The average molecular weight is 1410 g/mol. The fourth-order valence-electron chi connectivity index (χ4n) is 17.6. The second-order valence-electron chi connectivity index (χ2n) is 28.8. The lowest BCUT2D eigenvalue weighted by atomic mass is 9.84. The first-order chi connectivity index (χ1) is 53.2. The minimum Gasteiger partial charge on any atom is -0.456 e. The summed E-state index contributed by atoms with van der Waals surface area (Å²) < 4.78 is 18.8. The van der Waals surface area contributed by atoms with E-state index in [1.165, 1.54) is 122 Å². The molecule has 0 unspecified atom stereocenters. The van der Waals surface area contributed by atoms with E-state index in [1.54, 1.807) is 0 Å². The number of allylic oxidation sites excluding steroid dienone is 4. The van der Waals surface area contributed by atoms with Crippen LogP contribution in [0, 0.1) is 0 Å². The summed E-state index contributed by atoms with van der Waals surface area (Å²) in [6, 6.07) is 110. The van der Waals surface area contributed by atoms with Gasteiger partial charge in [-0.3, -0.25) is 0 Å². The van der Waals surface area contributed by atoms with Gasteiger partial charge in [-0.15, -0.1) is 22.7 Å². The smallest absolute Gasteiger partial charge is 0.143 e. The molecule has 0 amide bonds. The van der Waals surface area contributed by atoms with Crippen molar-refractivity contribution in [3.05, 3.63) is 361 Å². The van der Waals surface area contributed by atoms with Crippen LogP contribution in [-0.4, -0.2) is 0 Å². The Bertz CT molecular complexity index is 7620. The summed E-state index contributed by atoms with van der Waals surface area (Å²) in [5.74, 6) is 0. The van der Waals surface area contributed by atoms with Crippen molar-refractivity contribution >= 4 is 196 Å². The van der Waals surface area contributed by atoms with Crippen molar-refractivity contribution in [3.8, 4) is 44.5 Å². The molecule has 21 rings (SSSR count). The number of thiophene rings is 2. The number of fused-ring (bicyclic) bond motifs is 19. The van der Waals surface area contributed by atoms with Crippen molar-refractivity contribution in [1.29, 1.82) is 0 Å². The van der Waals surface area contributed by atoms with Crippen molar-refractivity contribution in [3.63, 3.8) is 0 Å². The summed E-state index contributed by atoms with van der Waals surface area (Å²) >= 11 is 3.71. The molecule has 0 aliphatic heterocycles. The molecule has 4 heterocycles.